The predicted molar refractivity (Wildman–Crippen MR) is 122 cm³/mol. The van der Waals surface area contributed by atoms with Crippen molar-refractivity contribution >= 4 is 22.6 Å². The highest BCUT2D eigenvalue weighted by atomic mass is 32.1. The summed E-state index contributed by atoms with van der Waals surface area (Å²) in [5.41, 5.74) is 1.74. The van der Waals surface area contributed by atoms with E-state index in [1.54, 1.807) is 23.3 Å². The SMILES string of the molecule is CNc1nc([C@]2(C)CN(C(=O)OC)CC2c2ccc(OC)c(OC3CCCC3)c2)cs1. The van der Waals surface area contributed by atoms with E-state index in [0.717, 1.165) is 40.7 Å². The first-order chi connectivity index (χ1) is 15.0. The number of amides is 1. The summed E-state index contributed by atoms with van der Waals surface area (Å²) in [5, 5.41) is 6.07. The van der Waals surface area contributed by atoms with E-state index in [9.17, 15) is 4.79 Å². The molecular formula is C23H31N3O4S. The first kappa shape index (κ1) is 21.7. The number of likely N-dealkylation sites (tertiary alicyclic amines) is 1. The molecule has 0 bridgehead atoms. The molecule has 2 heterocycles. The number of thiazole rings is 1. The fourth-order valence-corrected chi connectivity index (χ4v) is 5.65. The van der Waals surface area contributed by atoms with Crippen LogP contribution in [-0.4, -0.2) is 56.4 Å². The van der Waals surface area contributed by atoms with Gasteiger partial charge in [0, 0.05) is 36.9 Å². The highest BCUT2D eigenvalue weighted by Gasteiger charge is 2.48. The van der Waals surface area contributed by atoms with E-state index in [2.05, 4.69) is 29.8 Å². The maximum atomic E-state index is 12.4. The summed E-state index contributed by atoms with van der Waals surface area (Å²) in [4.78, 5) is 19.0. The van der Waals surface area contributed by atoms with Crippen molar-refractivity contribution in [2.45, 2.75) is 50.0 Å². The van der Waals surface area contributed by atoms with Crippen LogP contribution in [0.3, 0.4) is 0 Å². The summed E-state index contributed by atoms with van der Waals surface area (Å²) in [6, 6.07) is 6.14. The summed E-state index contributed by atoms with van der Waals surface area (Å²) in [5.74, 6) is 1.57. The molecule has 31 heavy (non-hydrogen) atoms. The van der Waals surface area contributed by atoms with Crippen LogP contribution in [0, 0.1) is 0 Å². The number of rotatable bonds is 6. The second-order valence-corrected chi connectivity index (χ2v) is 9.40. The average Bonchev–Trinajstić information content (AvgIpc) is 3.53. The van der Waals surface area contributed by atoms with Gasteiger partial charge < -0.3 is 24.4 Å². The fraction of sp³-hybridized carbons (Fsp3) is 0.565. The Labute approximate surface area is 187 Å². The standard InChI is InChI=1S/C23H31N3O4S/c1-23(20-13-31-21(24-2)25-20)14-26(22(27)29-4)12-17(23)15-9-10-18(28-3)19(11-15)30-16-7-5-6-8-16/h9-11,13,16-17H,5-8,12,14H2,1-4H3,(H,24,25)/t17?,23-/m1/s1. The van der Waals surface area contributed by atoms with E-state index in [1.165, 1.54) is 20.0 Å². The Morgan fingerprint density at radius 1 is 1.26 bits per heavy atom. The van der Waals surface area contributed by atoms with Crippen LogP contribution in [0.1, 0.15) is 49.8 Å². The molecule has 1 N–H and O–H groups in total. The number of benzene rings is 1. The van der Waals surface area contributed by atoms with Gasteiger partial charge in [-0.1, -0.05) is 13.0 Å². The molecule has 4 rings (SSSR count). The lowest BCUT2D eigenvalue weighted by atomic mass is 9.74. The monoisotopic (exact) mass is 445 g/mol. The van der Waals surface area contributed by atoms with Crippen molar-refractivity contribution in [3.63, 3.8) is 0 Å². The molecule has 168 valence electrons. The second-order valence-electron chi connectivity index (χ2n) is 8.54. The number of aromatic nitrogens is 1. The highest BCUT2D eigenvalue weighted by Crippen LogP contribution is 2.47. The second kappa shape index (κ2) is 8.94. The van der Waals surface area contributed by atoms with Crippen LogP contribution in [0.25, 0.3) is 0 Å². The molecule has 1 aliphatic carbocycles. The Balaban J connectivity index is 1.71. The maximum Gasteiger partial charge on any atom is 0.409 e. The van der Waals surface area contributed by atoms with E-state index >= 15 is 0 Å². The number of nitrogens with one attached hydrogen (secondary N) is 1. The molecule has 1 aromatic heterocycles. The van der Waals surface area contributed by atoms with Gasteiger partial charge in [-0.05, 0) is 43.4 Å². The van der Waals surface area contributed by atoms with Crippen molar-refractivity contribution in [1.29, 1.82) is 0 Å². The maximum absolute atomic E-state index is 12.4. The number of carbonyl (C=O) groups is 1. The van der Waals surface area contributed by atoms with Gasteiger partial charge in [0.05, 0.1) is 26.0 Å². The number of ether oxygens (including phenoxy) is 3. The third-order valence-electron chi connectivity index (χ3n) is 6.61. The van der Waals surface area contributed by atoms with E-state index < -0.39 is 0 Å². The summed E-state index contributed by atoms with van der Waals surface area (Å²) < 4.78 is 16.9. The normalized spacial score (nSPS) is 23.7. The van der Waals surface area contributed by atoms with Gasteiger partial charge >= 0.3 is 6.09 Å². The zero-order valence-corrected chi connectivity index (χ0v) is 19.5. The van der Waals surface area contributed by atoms with Gasteiger partial charge in [0.15, 0.2) is 16.6 Å². The first-order valence-corrected chi connectivity index (χ1v) is 11.7. The third kappa shape index (κ3) is 4.18. The minimum atomic E-state index is -0.348. The van der Waals surface area contributed by atoms with E-state index in [-0.39, 0.29) is 23.5 Å². The fourth-order valence-electron chi connectivity index (χ4n) is 4.83. The first-order valence-electron chi connectivity index (χ1n) is 10.8. The molecule has 7 nitrogen and oxygen atoms in total. The number of hydrogen-bond acceptors (Lipinski definition) is 7. The molecular weight excluding hydrogens is 414 g/mol. The van der Waals surface area contributed by atoms with Gasteiger partial charge in [-0.3, -0.25) is 0 Å². The Bertz CT molecular complexity index is 927. The molecule has 0 radical (unpaired) electrons. The lowest BCUT2D eigenvalue weighted by molar-refractivity contribution is 0.130. The Morgan fingerprint density at radius 3 is 2.68 bits per heavy atom. The largest absolute Gasteiger partial charge is 0.493 e. The topological polar surface area (TPSA) is 72.9 Å². The van der Waals surface area contributed by atoms with E-state index in [0.29, 0.717) is 13.1 Å². The Hall–Kier alpha value is -2.48. The molecule has 2 aromatic rings. The quantitative estimate of drug-likeness (QED) is 0.698. The molecule has 2 atom stereocenters. The van der Waals surface area contributed by atoms with Crippen molar-refractivity contribution in [2.24, 2.45) is 0 Å². The molecule has 8 heteroatoms. The van der Waals surface area contributed by atoms with Crippen LogP contribution in [0.15, 0.2) is 23.6 Å². The summed E-state index contributed by atoms with van der Waals surface area (Å²) in [7, 11) is 4.97. The Morgan fingerprint density at radius 2 is 2.03 bits per heavy atom. The molecule has 2 aliphatic rings. The van der Waals surface area contributed by atoms with Crippen molar-refractivity contribution < 1.29 is 19.0 Å². The van der Waals surface area contributed by atoms with Crippen LogP contribution in [0.5, 0.6) is 11.5 Å². The summed E-state index contributed by atoms with van der Waals surface area (Å²) >= 11 is 1.58. The molecule has 1 amide bonds. The summed E-state index contributed by atoms with van der Waals surface area (Å²) in [6.45, 7) is 3.28. The molecule has 1 aromatic carbocycles. The smallest absolute Gasteiger partial charge is 0.409 e. The van der Waals surface area contributed by atoms with Crippen LogP contribution in [0.4, 0.5) is 9.93 Å². The van der Waals surface area contributed by atoms with Gasteiger partial charge in [0.1, 0.15) is 0 Å². The number of methoxy groups -OCH3 is 2. The molecule has 1 aliphatic heterocycles. The molecule has 1 saturated heterocycles. The van der Waals surface area contributed by atoms with Gasteiger partial charge in [-0.15, -0.1) is 11.3 Å². The van der Waals surface area contributed by atoms with Crippen molar-refractivity contribution in [1.82, 2.24) is 9.88 Å². The van der Waals surface area contributed by atoms with Gasteiger partial charge in [0.2, 0.25) is 0 Å². The van der Waals surface area contributed by atoms with Crippen LogP contribution in [0.2, 0.25) is 0 Å². The van der Waals surface area contributed by atoms with Crippen molar-refractivity contribution in [3.8, 4) is 11.5 Å². The van der Waals surface area contributed by atoms with Gasteiger partial charge in [-0.2, -0.15) is 0 Å². The zero-order chi connectivity index (χ0) is 22.0. The van der Waals surface area contributed by atoms with Gasteiger partial charge in [0.25, 0.3) is 0 Å². The third-order valence-corrected chi connectivity index (χ3v) is 7.47. The van der Waals surface area contributed by atoms with Crippen LogP contribution in [-0.2, 0) is 10.2 Å². The van der Waals surface area contributed by atoms with Gasteiger partial charge in [-0.25, -0.2) is 9.78 Å². The number of carbonyl (C=O) groups excluding carboxylic acids is 1. The molecule has 0 spiro atoms. The summed E-state index contributed by atoms with van der Waals surface area (Å²) in [6.07, 6.45) is 4.50. The Kier molecular flexibility index (Phi) is 6.27. The predicted octanol–water partition coefficient (Wildman–Crippen LogP) is 4.64. The zero-order valence-electron chi connectivity index (χ0n) is 18.6. The lowest BCUT2D eigenvalue weighted by Crippen LogP contribution is -2.33. The van der Waals surface area contributed by atoms with Crippen molar-refractivity contribution in [2.75, 3.05) is 39.7 Å². The van der Waals surface area contributed by atoms with Crippen molar-refractivity contribution in [3.05, 3.63) is 34.8 Å². The highest BCUT2D eigenvalue weighted by molar-refractivity contribution is 7.13. The van der Waals surface area contributed by atoms with Crippen LogP contribution < -0.4 is 14.8 Å². The minimum absolute atomic E-state index is 0.0511. The molecule has 1 saturated carbocycles. The average molecular weight is 446 g/mol. The number of nitrogens with zero attached hydrogens (tertiary/aromatic N) is 2. The number of hydrogen-bond donors (Lipinski definition) is 1. The number of anilines is 1. The minimum Gasteiger partial charge on any atom is -0.493 e. The van der Waals surface area contributed by atoms with E-state index in [1.807, 2.05) is 13.1 Å². The van der Waals surface area contributed by atoms with Crippen LogP contribution >= 0.6 is 11.3 Å². The molecule has 1 unspecified atom stereocenters. The lowest BCUT2D eigenvalue weighted by Gasteiger charge is -2.29. The molecule has 2 fully saturated rings. The van der Waals surface area contributed by atoms with E-state index in [4.69, 9.17) is 19.2 Å².